The average Bonchev–Trinajstić information content (AvgIpc) is 2.90. The van der Waals surface area contributed by atoms with Gasteiger partial charge in [-0.3, -0.25) is 4.79 Å². The summed E-state index contributed by atoms with van der Waals surface area (Å²) in [6.07, 6.45) is 0.330. The molecule has 9 heteroatoms. The normalized spacial score (nSPS) is 18.8. The minimum absolute atomic E-state index is 0.0237. The van der Waals surface area contributed by atoms with Crippen molar-refractivity contribution in [2.75, 3.05) is 18.1 Å². The van der Waals surface area contributed by atoms with Gasteiger partial charge in [0.2, 0.25) is 0 Å². The van der Waals surface area contributed by atoms with E-state index in [4.69, 9.17) is 9.15 Å². The molecule has 1 aromatic carbocycles. The van der Waals surface area contributed by atoms with E-state index in [1.165, 1.54) is 6.07 Å². The molecule has 0 saturated carbocycles. The van der Waals surface area contributed by atoms with Crippen molar-refractivity contribution < 1.29 is 27.2 Å². The summed E-state index contributed by atoms with van der Waals surface area (Å²) in [7, 11) is -3.12. The van der Waals surface area contributed by atoms with Crippen LogP contribution in [-0.2, 0) is 19.4 Å². The van der Waals surface area contributed by atoms with Crippen molar-refractivity contribution in [3.8, 4) is 0 Å². The van der Waals surface area contributed by atoms with Gasteiger partial charge in [0.05, 0.1) is 11.5 Å². The Hall–Kier alpha value is -2.68. The molecule has 0 unspecified atom stereocenters. The molecular formula is C16H15NO7S. The lowest BCUT2D eigenvalue weighted by Crippen LogP contribution is -2.38. The molecule has 1 aliphatic heterocycles. The third-order valence-corrected chi connectivity index (χ3v) is 5.56. The Bertz CT molecular complexity index is 993. The highest BCUT2D eigenvalue weighted by Gasteiger charge is 2.29. The lowest BCUT2D eigenvalue weighted by Gasteiger charge is -2.10. The van der Waals surface area contributed by atoms with Crippen LogP contribution in [0.1, 0.15) is 16.8 Å². The fourth-order valence-corrected chi connectivity index (χ4v) is 4.26. The average molecular weight is 365 g/mol. The quantitative estimate of drug-likeness (QED) is 0.609. The third kappa shape index (κ3) is 4.05. The smallest absolute Gasteiger partial charge is 0.351 e. The minimum Gasteiger partial charge on any atom is -0.452 e. The molecule has 1 fully saturated rings. The predicted octanol–water partition coefficient (Wildman–Crippen LogP) is 0.253. The molecule has 0 radical (unpaired) electrons. The van der Waals surface area contributed by atoms with Crippen LogP contribution in [0, 0.1) is 0 Å². The second kappa shape index (κ2) is 6.67. The highest BCUT2D eigenvalue weighted by atomic mass is 32.2. The Morgan fingerprint density at radius 1 is 1.28 bits per heavy atom. The molecule has 8 nitrogen and oxygen atoms in total. The van der Waals surface area contributed by atoms with Gasteiger partial charge in [-0.15, -0.1) is 0 Å². The van der Waals surface area contributed by atoms with E-state index in [2.05, 4.69) is 5.32 Å². The summed E-state index contributed by atoms with van der Waals surface area (Å²) in [6, 6.07) is 7.53. The lowest BCUT2D eigenvalue weighted by molar-refractivity contribution is -0.124. The number of benzene rings is 1. The first-order chi connectivity index (χ1) is 11.8. The van der Waals surface area contributed by atoms with E-state index in [1.807, 2.05) is 0 Å². The highest BCUT2D eigenvalue weighted by Crippen LogP contribution is 2.13. The first kappa shape index (κ1) is 17.2. The summed E-state index contributed by atoms with van der Waals surface area (Å²) in [5.74, 6) is -1.70. The van der Waals surface area contributed by atoms with Crippen LogP contribution in [0.3, 0.4) is 0 Å². The van der Waals surface area contributed by atoms with Crippen LogP contribution >= 0.6 is 0 Å². The summed E-state index contributed by atoms with van der Waals surface area (Å²) < 4.78 is 32.5. The van der Waals surface area contributed by atoms with Crippen LogP contribution in [0.5, 0.6) is 0 Å². The third-order valence-electron chi connectivity index (χ3n) is 3.79. The Labute approximate surface area is 142 Å². The van der Waals surface area contributed by atoms with E-state index in [0.717, 1.165) is 0 Å². The molecule has 0 bridgehead atoms. The van der Waals surface area contributed by atoms with Crippen LogP contribution in [0.4, 0.5) is 0 Å². The van der Waals surface area contributed by atoms with Gasteiger partial charge in [0.15, 0.2) is 16.4 Å². The molecule has 1 N–H and O–H groups in total. The SMILES string of the molecule is O=C(COC(=O)c1cc2ccccc2oc1=O)N[C@@H]1CCS(=O)(=O)C1. The maximum Gasteiger partial charge on any atom is 0.351 e. The summed E-state index contributed by atoms with van der Waals surface area (Å²) in [5.41, 5.74) is -0.829. The van der Waals surface area contributed by atoms with Crippen LogP contribution in [-0.4, -0.2) is 44.4 Å². The number of carbonyl (C=O) groups is 2. The number of sulfone groups is 1. The predicted molar refractivity (Wildman–Crippen MR) is 88.0 cm³/mol. The number of para-hydroxylation sites is 1. The molecule has 1 saturated heterocycles. The van der Waals surface area contributed by atoms with Gasteiger partial charge in [-0.05, 0) is 18.6 Å². The van der Waals surface area contributed by atoms with E-state index < -0.39 is 40.0 Å². The maximum atomic E-state index is 12.0. The van der Waals surface area contributed by atoms with Crippen molar-refractivity contribution in [3.63, 3.8) is 0 Å². The molecule has 1 aromatic heterocycles. The van der Waals surface area contributed by atoms with Crippen molar-refractivity contribution in [2.24, 2.45) is 0 Å². The zero-order valence-electron chi connectivity index (χ0n) is 13.1. The van der Waals surface area contributed by atoms with E-state index in [-0.39, 0.29) is 17.1 Å². The first-order valence-corrected chi connectivity index (χ1v) is 9.36. The first-order valence-electron chi connectivity index (χ1n) is 7.54. The Kier molecular flexibility index (Phi) is 4.58. The molecule has 3 rings (SSSR count). The molecule has 1 amide bonds. The number of esters is 1. The largest absolute Gasteiger partial charge is 0.452 e. The van der Waals surface area contributed by atoms with Gasteiger partial charge in [-0.2, -0.15) is 0 Å². The molecule has 25 heavy (non-hydrogen) atoms. The molecule has 1 atom stereocenters. The van der Waals surface area contributed by atoms with E-state index >= 15 is 0 Å². The van der Waals surface area contributed by atoms with Crippen LogP contribution in [0.25, 0.3) is 11.0 Å². The van der Waals surface area contributed by atoms with Crippen molar-refractivity contribution in [3.05, 3.63) is 46.3 Å². The number of carbonyl (C=O) groups excluding carboxylic acids is 2. The lowest BCUT2D eigenvalue weighted by atomic mass is 10.2. The number of nitrogens with one attached hydrogen (secondary N) is 1. The van der Waals surface area contributed by atoms with Gasteiger partial charge in [-0.1, -0.05) is 18.2 Å². The zero-order valence-corrected chi connectivity index (χ0v) is 13.9. The van der Waals surface area contributed by atoms with E-state index in [0.29, 0.717) is 17.4 Å². The number of rotatable bonds is 4. The number of amides is 1. The summed E-state index contributed by atoms with van der Waals surface area (Å²) in [5, 5.41) is 3.04. The van der Waals surface area contributed by atoms with Crippen molar-refractivity contribution in [2.45, 2.75) is 12.5 Å². The summed E-state index contributed by atoms with van der Waals surface area (Å²) in [4.78, 5) is 35.6. The van der Waals surface area contributed by atoms with Gasteiger partial charge >= 0.3 is 11.6 Å². The molecule has 0 spiro atoms. The number of fused-ring (bicyclic) bond motifs is 1. The topological polar surface area (TPSA) is 120 Å². The Balaban J connectivity index is 1.62. The van der Waals surface area contributed by atoms with E-state index in [9.17, 15) is 22.8 Å². The maximum absolute atomic E-state index is 12.0. The monoisotopic (exact) mass is 365 g/mol. The van der Waals surface area contributed by atoms with Crippen LogP contribution in [0.15, 0.2) is 39.5 Å². The van der Waals surface area contributed by atoms with Crippen molar-refractivity contribution in [1.82, 2.24) is 5.32 Å². The molecular weight excluding hydrogens is 350 g/mol. The summed E-state index contributed by atoms with van der Waals surface area (Å²) >= 11 is 0. The molecule has 1 aliphatic rings. The van der Waals surface area contributed by atoms with Gasteiger partial charge in [0, 0.05) is 11.4 Å². The fourth-order valence-electron chi connectivity index (χ4n) is 2.59. The highest BCUT2D eigenvalue weighted by molar-refractivity contribution is 7.91. The Morgan fingerprint density at radius 3 is 2.76 bits per heavy atom. The zero-order chi connectivity index (χ0) is 18.0. The molecule has 2 heterocycles. The molecule has 132 valence electrons. The fraction of sp³-hybridized carbons (Fsp3) is 0.312. The van der Waals surface area contributed by atoms with Gasteiger partial charge in [0.25, 0.3) is 5.91 Å². The molecule has 2 aromatic rings. The minimum atomic E-state index is -3.12. The second-order valence-electron chi connectivity index (χ2n) is 5.73. The number of hydrogen-bond donors (Lipinski definition) is 1. The molecule has 0 aliphatic carbocycles. The number of hydrogen-bond acceptors (Lipinski definition) is 7. The van der Waals surface area contributed by atoms with Crippen LogP contribution < -0.4 is 10.9 Å². The van der Waals surface area contributed by atoms with Crippen molar-refractivity contribution in [1.29, 1.82) is 0 Å². The van der Waals surface area contributed by atoms with Gasteiger partial charge < -0.3 is 14.5 Å². The van der Waals surface area contributed by atoms with Gasteiger partial charge in [-0.25, -0.2) is 18.0 Å². The van der Waals surface area contributed by atoms with Crippen LogP contribution in [0.2, 0.25) is 0 Å². The second-order valence-corrected chi connectivity index (χ2v) is 7.96. The Morgan fingerprint density at radius 2 is 2.04 bits per heavy atom. The standard InChI is InChI=1S/C16H15NO7S/c18-14(17-11-5-6-25(21,22)9-11)8-23-15(19)12-7-10-3-1-2-4-13(10)24-16(12)20/h1-4,7,11H,5-6,8-9H2,(H,17,18)/t11-/m1/s1. The van der Waals surface area contributed by atoms with Crippen molar-refractivity contribution >= 4 is 32.7 Å². The number of ether oxygens (including phenoxy) is 1. The summed E-state index contributed by atoms with van der Waals surface area (Å²) in [6.45, 7) is -0.609. The van der Waals surface area contributed by atoms with E-state index in [1.54, 1.807) is 24.3 Å². The van der Waals surface area contributed by atoms with Gasteiger partial charge in [0.1, 0.15) is 11.1 Å².